The van der Waals surface area contributed by atoms with Gasteiger partial charge < -0.3 is 5.32 Å². The second kappa shape index (κ2) is 5.07. The number of hydrogen-bond donors (Lipinski definition) is 1. The molecule has 0 radical (unpaired) electrons. The summed E-state index contributed by atoms with van der Waals surface area (Å²) in [4.78, 5) is 11.7. The van der Waals surface area contributed by atoms with Gasteiger partial charge in [0.25, 0.3) is 5.91 Å². The van der Waals surface area contributed by atoms with Crippen LogP contribution in [0, 0.1) is 11.6 Å². The Balaban J connectivity index is 2.42. The number of carbonyl (C=O) groups excluding carboxylic acids is 1. The van der Waals surface area contributed by atoms with E-state index in [1.165, 1.54) is 12.1 Å². The molecule has 0 spiro atoms. The van der Waals surface area contributed by atoms with Crippen molar-refractivity contribution < 1.29 is 22.4 Å². The molecule has 1 aliphatic heterocycles. The first-order valence-corrected chi connectivity index (χ1v) is 6.40. The Labute approximate surface area is 114 Å². The molecule has 2 atom stereocenters. The first kappa shape index (κ1) is 14.8. The van der Waals surface area contributed by atoms with Crippen molar-refractivity contribution in [2.24, 2.45) is 0 Å². The maximum Gasteiger partial charge on any atom is 0.261 e. The molecule has 2 nitrogen and oxygen atoms in total. The van der Waals surface area contributed by atoms with Crippen LogP contribution in [0.15, 0.2) is 18.2 Å². The number of piperidine rings is 1. The predicted molar refractivity (Wildman–Crippen MR) is 65.5 cm³/mol. The standard InChI is InChI=1S/C14H15F4NO/c1-2-14(9-4-3-5-10(16)11(9)17)7-6-13(18,8-15)12(20)19-14/h3-5H,2,6-8H2,1H3,(H,19,20)/t13?,14-/m0/s1. The summed E-state index contributed by atoms with van der Waals surface area (Å²) in [6, 6.07) is 3.64. The molecule has 20 heavy (non-hydrogen) atoms. The van der Waals surface area contributed by atoms with Crippen LogP contribution in [0.3, 0.4) is 0 Å². The van der Waals surface area contributed by atoms with Gasteiger partial charge in [0.1, 0.15) is 6.67 Å². The van der Waals surface area contributed by atoms with Gasteiger partial charge in [-0.15, -0.1) is 0 Å². The molecule has 1 heterocycles. The van der Waals surface area contributed by atoms with E-state index in [0.29, 0.717) is 0 Å². The molecule has 1 aromatic carbocycles. The lowest BCUT2D eigenvalue weighted by Gasteiger charge is -2.42. The molecule has 0 aliphatic carbocycles. The van der Waals surface area contributed by atoms with Crippen molar-refractivity contribution in [2.45, 2.75) is 37.4 Å². The van der Waals surface area contributed by atoms with E-state index >= 15 is 0 Å². The predicted octanol–water partition coefficient (Wildman–Crippen LogP) is 3.16. The minimum atomic E-state index is -2.58. The van der Waals surface area contributed by atoms with Gasteiger partial charge in [0.2, 0.25) is 5.67 Å². The van der Waals surface area contributed by atoms with Crippen LogP contribution in [0.5, 0.6) is 0 Å². The summed E-state index contributed by atoms with van der Waals surface area (Å²) >= 11 is 0. The molecule has 0 aromatic heterocycles. The summed E-state index contributed by atoms with van der Waals surface area (Å²) < 4.78 is 53.8. The minimum absolute atomic E-state index is 0.00995. The summed E-state index contributed by atoms with van der Waals surface area (Å²) in [6.07, 6.45) is -0.101. The topological polar surface area (TPSA) is 29.1 Å². The Bertz CT molecular complexity index is 536. The molecule has 1 saturated heterocycles. The number of alkyl halides is 2. The summed E-state index contributed by atoms with van der Waals surface area (Å²) in [6.45, 7) is 0.246. The SMILES string of the molecule is CC[C@@]1(c2cccc(F)c2F)CCC(F)(CF)C(=O)N1. The summed E-state index contributed by atoms with van der Waals surface area (Å²) in [7, 11) is 0. The van der Waals surface area contributed by atoms with Crippen molar-refractivity contribution in [3.8, 4) is 0 Å². The summed E-state index contributed by atoms with van der Waals surface area (Å²) in [5, 5.41) is 2.34. The van der Waals surface area contributed by atoms with E-state index in [9.17, 15) is 22.4 Å². The lowest BCUT2D eigenvalue weighted by Crippen LogP contribution is -2.59. The lowest BCUT2D eigenvalue weighted by atomic mass is 9.76. The monoisotopic (exact) mass is 289 g/mol. The van der Waals surface area contributed by atoms with E-state index in [-0.39, 0.29) is 24.8 Å². The average molecular weight is 289 g/mol. The molecule has 2 rings (SSSR count). The fourth-order valence-corrected chi connectivity index (χ4v) is 2.58. The van der Waals surface area contributed by atoms with E-state index < -0.39 is 35.4 Å². The third-order valence-electron chi connectivity index (χ3n) is 3.99. The fraction of sp³-hybridized carbons (Fsp3) is 0.500. The van der Waals surface area contributed by atoms with E-state index in [1.807, 2.05) is 0 Å². The van der Waals surface area contributed by atoms with Crippen LogP contribution < -0.4 is 5.32 Å². The Morgan fingerprint density at radius 3 is 2.55 bits per heavy atom. The molecule has 1 N–H and O–H groups in total. The highest BCUT2D eigenvalue weighted by Gasteiger charge is 2.50. The number of amides is 1. The van der Waals surface area contributed by atoms with Gasteiger partial charge in [-0.3, -0.25) is 4.79 Å². The molecule has 1 amide bonds. The molecule has 1 aliphatic rings. The van der Waals surface area contributed by atoms with Crippen molar-refractivity contribution in [3.05, 3.63) is 35.4 Å². The van der Waals surface area contributed by atoms with Crippen LogP contribution in [0.1, 0.15) is 31.7 Å². The highest BCUT2D eigenvalue weighted by Crippen LogP contribution is 2.40. The van der Waals surface area contributed by atoms with Crippen LogP contribution in [0.2, 0.25) is 0 Å². The first-order chi connectivity index (χ1) is 9.38. The number of hydrogen-bond acceptors (Lipinski definition) is 1. The van der Waals surface area contributed by atoms with Crippen molar-refractivity contribution in [2.75, 3.05) is 6.67 Å². The van der Waals surface area contributed by atoms with Crippen LogP contribution >= 0.6 is 0 Å². The van der Waals surface area contributed by atoms with Crippen molar-refractivity contribution in [1.82, 2.24) is 5.32 Å². The van der Waals surface area contributed by atoms with Gasteiger partial charge >= 0.3 is 0 Å². The highest BCUT2D eigenvalue weighted by molar-refractivity contribution is 5.87. The van der Waals surface area contributed by atoms with Gasteiger partial charge in [0.05, 0.1) is 5.54 Å². The van der Waals surface area contributed by atoms with Gasteiger partial charge in [-0.25, -0.2) is 17.6 Å². The van der Waals surface area contributed by atoms with Gasteiger partial charge in [-0.05, 0) is 25.3 Å². The fourth-order valence-electron chi connectivity index (χ4n) is 2.58. The number of carbonyl (C=O) groups is 1. The Morgan fingerprint density at radius 2 is 2.00 bits per heavy atom. The minimum Gasteiger partial charge on any atom is -0.344 e. The van der Waals surface area contributed by atoms with Gasteiger partial charge in [0.15, 0.2) is 11.6 Å². The molecule has 1 unspecified atom stereocenters. The lowest BCUT2D eigenvalue weighted by molar-refractivity contribution is -0.141. The molecule has 0 bridgehead atoms. The van der Waals surface area contributed by atoms with Crippen LogP contribution in [0.4, 0.5) is 17.6 Å². The maximum absolute atomic E-state index is 13.9. The third-order valence-corrected chi connectivity index (χ3v) is 3.99. The second-order valence-electron chi connectivity index (χ2n) is 5.09. The number of rotatable bonds is 3. The Morgan fingerprint density at radius 1 is 1.30 bits per heavy atom. The molecular formula is C14H15F4NO. The summed E-state index contributed by atoms with van der Waals surface area (Å²) in [5.41, 5.74) is -3.81. The number of nitrogens with one attached hydrogen (secondary N) is 1. The Hall–Kier alpha value is -1.59. The van der Waals surface area contributed by atoms with Crippen LogP contribution in [-0.2, 0) is 10.3 Å². The second-order valence-corrected chi connectivity index (χ2v) is 5.09. The first-order valence-electron chi connectivity index (χ1n) is 6.40. The van der Waals surface area contributed by atoms with Crippen LogP contribution in [0.25, 0.3) is 0 Å². The van der Waals surface area contributed by atoms with E-state index in [0.717, 1.165) is 6.07 Å². The largest absolute Gasteiger partial charge is 0.344 e. The van der Waals surface area contributed by atoms with Crippen molar-refractivity contribution in [1.29, 1.82) is 0 Å². The summed E-state index contributed by atoms with van der Waals surface area (Å²) in [5.74, 6) is -3.22. The zero-order chi connectivity index (χ0) is 15.0. The molecule has 6 heteroatoms. The van der Waals surface area contributed by atoms with Gasteiger partial charge in [-0.1, -0.05) is 19.1 Å². The number of benzene rings is 1. The normalized spacial score (nSPS) is 30.1. The van der Waals surface area contributed by atoms with Gasteiger partial charge in [-0.2, -0.15) is 0 Å². The smallest absolute Gasteiger partial charge is 0.261 e. The zero-order valence-electron chi connectivity index (χ0n) is 11.0. The average Bonchev–Trinajstić information content (AvgIpc) is 2.45. The third kappa shape index (κ3) is 2.17. The zero-order valence-corrected chi connectivity index (χ0v) is 11.0. The van der Waals surface area contributed by atoms with Gasteiger partial charge in [0, 0.05) is 5.56 Å². The molecule has 1 fully saturated rings. The van der Waals surface area contributed by atoms with E-state index in [4.69, 9.17) is 0 Å². The molecule has 0 saturated carbocycles. The molecular weight excluding hydrogens is 274 g/mol. The van der Waals surface area contributed by atoms with E-state index in [2.05, 4.69) is 5.32 Å². The quantitative estimate of drug-likeness (QED) is 0.851. The van der Waals surface area contributed by atoms with Crippen molar-refractivity contribution in [3.63, 3.8) is 0 Å². The van der Waals surface area contributed by atoms with Crippen molar-refractivity contribution >= 4 is 5.91 Å². The highest BCUT2D eigenvalue weighted by atomic mass is 19.2. The van der Waals surface area contributed by atoms with Crippen LogP contribution in [-0.4, -0.2) is 18.3 Å². The molecule has 1 aromatic rings. The van der Waals surface area contributed by atoms with E-state index in [1.54, 1.807) is 6.92 Å². The molecule has 110 valence electrons. The maximum atomic E-state index is 13.9. The Kier molecular flexibility index (Phi) is 3.75. The number of halogens is 4.